The van der Waals surface area contributed by atoms with Gasteiger partial charge in [-0.05, 0) is 44.9 Å². The summed E-state index contributed by atoms with van der Waals surface area (Å²) in [6, 6.07) is 0. The Labute approximate surface area is 102 Å². The minimum absolute atomic E-state index is 0.0112. The Balaban J connectivity index is 4.08. The van der Waals surface area contributed by atoms with Gasteiger partial charge in [0.1, 0.15) is 0 Å². The number of hydrogen-bond donors (Lipinski definition) is 2. The van der Waals surface area contributed by atoms with E-state index in [-0.39, 0.29) is 16.5 Å². The lowest BCUT2D eigenvalue weighted by molar-refractivity contribution is 0.185. The maximum Gasteiger partial charge on any atom is 0.0174 e. The van der Waals surface area contributed by atoms with Gasteiger partial charge in [0.25, 0.3) is 0 Å². The van der Waals surface area contributed by atoms with E-state index in [1.54, 1.807) is 0 Å². The van der Waals surface area contributed by atoms with Crippen molar-refractivity contribution in [2.45, 2.75) is 84.7 Å². The van der Waals surface area contributed by atoms with Crippen molar-refractivity contribution in [3.63, 3.8) is 0 Å². The third kappa shape index (κ3) is 5.31. The molecular weight excluding hydrogens is 196 g/mol. The SMILES string of the molecule is CCCC(C)(N)CCCC(C)(N)C(C)(C)C. The maximum atomic E-state index is 6.36. The molecule has 2 unspecified atom stereocenters. The van der Waals surface area contributed by atoms with Gasteiger partial charge < -0.3 is 11.5 Å². The summed E-state index contributed by atoms with van der Waals surface area (Å²) < 4.78 is 0. The van der Waals surface area contributed by atoms with Crippen LogP contribution in [-0.2, 0) is 0 Å². The Bertz CT molecular complexity index is 199. The summed E-state index contributed by atoms with van der Waals surface area (Å²) in [5.74, 6) is 0. The van der Waals surface area contributed by atoms with Crippen LogP contribution in [0.1, 0.15) is 73.6 Å². The van der Waals surface area contributed by atoms with E-state index in [0.29, 0.717) is 0 Å². The molecule has 0 aliphatic carbocycles. The zero-order valence-electron chi connectivity index (χ0n) is 12.2. The van der Waals surface area contributed by atoms with E-state index in [1.165, 1.54) is 0 Å². The van der Waals surface area contributed by atoms with Crippen molar-refractivity contribution >= 4 is 0 Å². The summed E-state index contributed by atoms with van der Waals surface area (Å²) in [5.41, 5.74) is 12.6. The fourth-order valence-corrected chi connectivity index (χ4v) is 1.93. The Kier molecular flexibility index (Phi) is 5.48. The molecule has 98 valence electrons. The van der Waals surface area contributed by atoms with Crippen LogP contribution in [0.3, 0.4) is 0 Å². The van der Waals surface area contributed by atoms with Gasteiger partial charge in [0.15, 0.2) is 0 Å². The molecule has 0 rings (SSSR count). The van der Waals surface area contributed by atoms with Crippen LogP contribution < -0.4 is 11.5 Å². The first-order valence-corrected chi connectivity index (χ1v) is 6.60. The molecule has 0 saturated heterocycles. The molecule has 0 spiro atoms. The van der Waals surface area contributed by atoms with Crippen LogP contribution in [0.5, 0.6) is 0 Å². The highest BCUT2D eigenvalue weighted by Gasteiger charge is 2.33. The Morgan fingerprint density at radius 1 is 0.812 bits per heavy atom. The van der Waals surface area contributed by atoms with Crippen LogP contribution in [0.15, 0.2) is 0 Å². The predicted octanol–water partition coefficient (Wildman–Crippen LogP) is 3.44. The Morgan fingerprint density at radius 2 is 1.31 bits per heavy atom. The van der Waals surface area contributed by atoms with Crippen molar-refractivity contribution in [1.82, 2.24) is 0 Å². The number of hydrogen-bond acceptors (Lipinski definition) is 2. The van der Waals surface area contributed by atoms with Crippen LogP contribution in [0, 0.1) is 5.41 Å². The Hall–Kier alpha value is -0.0800. The lowest BCUT2D eigenvalue weighted by Gasteiger charge is -2.39. The van der Waals surface area contributed by atoms with Crippen molar-refractivity contribution < 1.29 is 0 Å². The van der Waals surface area contributed by atoms with Gasteiger partial charge >= 0.3 is 0 Å². The van der Waals surface area contributed by atoms with Crippen LogP contribution in [0.4, 0.5) is 0 Å². The molecule has 0 saturated carbocycles. The van der Waals surface area contributed by atoms with Gasteiger partial charge in [-0.1, -0.05) is 34.1 Å². The third-order valence-corrected chi connectivity index (χ3v) is 3.98. The highest BCUT2D eigenvalue weighted by molar-refractivity contribution is 4.91. The van der Waals surface area contributed by atoms with E-state index in [4.69, 9.17) is 11.5 Å². The second-order valence-electron chi connectivity index (χ2n) is 6.93. The molecule has 0 aliphatic heterocycles. The Morgan fingerprint density at radius 3 is 1.69 bits per heavy atom. The lowest BCUT2D eigenvalue weighted by atomic mass is 9.72. The molecule has 0 bridgehead atoms. The van der Waals surface area contributed by atoms with Crippen LogP contribution in [-0.4, -0.2) is 11.1 Å². The minimum atomic E-state index is -0.102. The van der Waals surface area contributed by atoms with Gasteiger partial charge in [-0.25, -0.2) is 0 Å². The third-order valence-electron chi connectivity index (χ3n) is 3.98. The topological polar surface area (TPSA) is 52.0 Å². The van der Waals surface area contributed by atoms with Gasteiger partial charge in [-0.3, -0.25) is 0 Å². The van der Waals surface area contributed by atoms with Crippen LogP contribution in [0.2, 0.25) is 0 Å². The normalized spacial score (nSPS) is 20.2. The van der Waals surface area contributed by atoms with Gasteiger partial charge in [0, 0.05) is 11.1 Å². The molecule has 2 heteroatoms. The quantitative estimate of drug-likeness (QED) is 0.731. The molecule has 2 nitrogen and oxygen atoms in total. The lowest BCUT2D eigenvalue weighted by Crippen LogP contribution is -2.49. The monoisotopic (exact) mass is 228 g/mol. The van der Waals surface area contributed by atoms with Crippen molar-refractivity contribution in [3.05, 3.63) is 0 Å². The summed E-state index contributed by atoms with van der Waals surface area (Å²) in [7, 11) is 0. The van der Waals surface area contributed by atoms with Crippen molar-refractivity contribution in [3.8, 4) is 0 Å². The van der Waals surface area contributed by atoms with Crippen molar-refractivity contribution in [2.75, 3.05) is 0 Å². The standard InChI is InChI=1S/C14H32N2/c1-7-9-13(5,15)10-8-11-14(6,16)12(2,3)4/h7-11,15-16H2,1-6H3. The zero-order chi connectivity index (χ0) is 13.0. The summed E-state index contributed by atoms with van der Waals surface area (Å²) in [4.78, 5) is 0. The minimum Gasteiger partial charge on any atom is -0.325 e. The highest BCUT2D eigenvalue weighted by atomic mass is 14.8. The first-order chi connectivity index (χ1) is 7.02. The molecular formula is C14H32N2. The molecule has 0 aliphatic rings. The average molecular weight is 228 g/mol. The molecule has 0 amide bonds. The fraction of sp³-hybridized carbons (Fsp3) is 1.00. The maximum absolute atomic E-state index is 6.36. The summed E-state index contributed by atoms with van der Waals surface area (Å²) in [5, 5.41) is 0. The van der Waals surface area contributed by atoms with Gasteiger partial charge in [-0.15, -0.1) is 0 Å². The molecule has 16 heavy (non-hydrogen) atoms. The van der Waals surface area contributed by atoms with Crippen molar-refractivity contribution in [2.24, 2.45) is 16.9 Å². The number of nitrogens with two attached hydrogens (primary N) is 2. The van der Waals surface area contributed by atoms with Gasteiger partial charge in [0.05, 0.1) is 0 Å². The second-order valence-corrected chi connectivity index (χ2v) is 6.93. The molecule has 0 heterocycles. The first-order valence-electron chi connectivity index (χ1n) is 6.60. The van der Waals surface area contributed by atoms with Crippen LogP contribution in [0.25, 0.3) is 0 Å². The fourth-order valence-electron chi connectivity index (χ4n) is 1.93. The molecule has 2 atom stereocenters. The van der Waals surface area contributed by atoms with E-state index < -0.39 is 0 Å². The molecule has 4 N–H and O–H groups in total. The van der Waals surface area contributed by atoms with Gasteiger partial charge in [0.2, 0.25) is 0 Å². The zero-order valence-corrected chi connectivity index (χ0v) is 12.2. The first kappa shape index (κ1) is 15.9. The predicted molar refractivity (Wildman–Crippen MR) is 73.4 cm³/mol. The molecule has 0 fully saturated rings. The van der Waals surface area contributed by atoms with E-state index in [0.717, 1.165) is 32.1 Å². The average Bonchev–Trinajstić information content (AvgIpc) is 2.00. The summed E-state index contributed by atoms with van der Waals surface area (Å²) in [6.07, 6.45) is 5.50. The highest BCUT2D eigenvalue weighted by Crippen LogP contribution is 2.32. The van der Waals surface area contributed by atoms with E-state index in [2.05, 4.69) is 41.5 Å². The molecule has 0 aromatic rings. The largest absolute Gasteiger partial charge is 0.325 e. The van der Waals surface area contributed by atoms with E-state index >= 15 is 0 Å². The smallest absolute Gasteiger partial charge is 0.0174 e. The molecule has 0 radical (unpaired) electrons. The van der Waals surface area contributed by atoms with Crippen LogP contribution >= 0.6 is 0 Å². The van der Waals surface area contributed by atoms with Gasteiger partial charge in [-0.2, -0.15) is 0 Å². The molecule has 0 aromatic heterocycles. The summed E-state index contributed by atoms with van der Waals surface area (Å²) >= 11 is 0. The number of rotatable bonds is 6. The van der Waals surface area contributed by atoms with E-state index in [1.807, 2.05) is 0 Å². The van der Waals surface area contributed by atoms with E-state index in [9.17, 15) is 0 Å². The molecule has 0 aromatic carbocycles. The second kappa shape index (κ2) is 5.50. The summed E-state index contributed by atoms with van der Waals surface area (Å²) in [6.45, 7) is 13.1. The van der Waals surface area contributed by atoms with Crippen molar-refractivity contribution in [1.29, 1.82) is 0 Å².